The summed E-state index contributed by atoms with van der Waals surface area (Å²) in [5, 5.41) is 51.9. The predicted octanol–water partition coefficient (Wildman–Crippen LogP) is 0.0488. The normalized spacial score (nSPS) is 28.3. The minimum absolute atomic E-state index is 0.0128. The van der Waals surface area contributed by atoms with E-state index in [2.05, 4.69) is 0 Å². The third kappa shape index (κ3) is 3.89. The summed E-state index contributed by atoms with van der Waals surface area (Å²) in [6.45, 7) is 0.733. The third-order valence-electron chi connectivity index (χ3n) is 7.66. The second kappa shape index (κ2) is 9.75. The minimum atomic E-state index is -1.79. The Labute approximate surface area is 217 Å². The van der Waals surface area contributed by atoms with E-state index in [1.54, 1.807) is 0 Å². The summed E-state index contributed by atoms with van der Waals surface area (Å²) in [4.78, 5) is 39.8. The number of carbonyl (C=O) groups excluding carboxylic acids is 3. The average Bonchev–Trinajstić information content (AvgIpc) is 2.92. The van der Waals surface area contributed by atoms with Crippen molar-refractivity contribution in [3.8, 4) is 17.2 Å². The molecule has 1 heterocycles. The van der Waals surface area contributed by atoms with Crippen LogP contribution in [0.2, 0.25) is 0 Å². The maximum atomic E-state index is 13.9. The van der Waals surface area contributed by atoms with Gasteiger partial charge in [0.05, 0.1) is 30.4 Å². The molecular formula is C27H28O11. The summed E-state index contributed by atoms with van der Waals surface area (Å²) >= 11 is 0. The average molecular weight is 529 g/mol. The van der Waals surface area contributed by atoms with Crippen molar-refractivity contribution in [2.45, 2.75) is 56.9 Å². The monoisotopic (exact) mass is 528 g/mol. The first kappa shape index (κ1) is 26.3. The van der Waals surface area contributed by atoms with Crippen molar-refractivity contribution in [3.63, 3.8) is 0 Å². The number of hydrogen-bond donors (Lipinski definition) is 5. The van der Waals surface area contributed by atoms with Gasteiger partial charge in [0.25, 0.3) is 0 Å². The van der Waals surface area contributed by atoms with Gasteiger partial charge < -0.3 is 39.7 Å². The Morgan fingerprint density at radius 2 is 1.76 bits per heavy atom. The van der Waals surface area contributed by atoms with Crippen molar-refractivity contribution in [3.05, 3.63) is 51.6 Å². The van der Waals surface area contributed by atoms with Crippen molar-refractivity contribution in [1.82, 2.24) is 0 Å². The Morgan fingerprint density at radius 1 is 1.03 bits per heavy atom. The molecule has 2 aromatic rings. The number of Topliss-reactive ketones (excluding diaryl/α,β-unsaturated/α-hetero) is 1. The summed E-state index contributed by atoms with van der Waals surface area (Å²) in [5.74, 6) is -2.29. The number of phenolic OH excluding ortho intramolecular Hbond substituents is 1. The van der Waals surface area contributed by atoms with E-state index < -0.39 is 60.5 Å². The van der Waals surface area contributed by atoms with Gasteiger partial charge in [0.2, 0.25) is 12.1 Å². The maximum Gasteiger partial charge on any atom is 0.229 e. The molecule has 0 saturated carbocycles. The van der Waals surface area contributed by atoms with Crippen LogP contribution < -0.4 is 9.47 Å². The lowest BCUT2D eigenvalue weighted by Gasteiger charge is -2.40. The van der Waals surface area contributed by atoms with Crippen LogP contribution in [0, 0.1) is 5.92 Å². The highest BCUT2D eigenvalue weighted by atomic mass is 16.7. The Kier molecular flexibility index (Phi) is 6.74. The number of fused-ring (bicyclic) bond motifs is 3. The van der Waals surface area contributed by atoms with Crippen LogP contribution >= 0.6 is 0 Å². The molecule has 0 spiro atoms. The van der Waals surface area contributed by atoms with E-state index >= 15 is 0 Å². The van der Waals surface area contributed by atoms with Gasteiger partial charge in [-0.3, -0.25) is 14.4 Å². The number of methoxy groups -OCH3 is 1. The molecule has 202 valence electrons. The molecule has 1 fully saturated rings. The van der Waals surface area contributed by atoms with Crippen LogP contribution in [0.3, 0.4) is 0 Å². The van der Waals surface area contributed by atoms with Crippen molar-refractivity contribution in [2.24, 2.45) is 5.92 Å². The first-order valence-corrected chi connectivity index (χ1v) is 12.2. The Hall–Kier alpha value is -3.35. The highest BCUT2D eigenvalue weighted by Crippen LogP contribution is 2.48. The quantitative estimate of drug-likeness (QED) is 0.302. The molecule has 11 nitrogen and oxygen atoms in total. The number of aromatic hydroxyl groups is 1. The van der Waals surface area contributed by atoms with E-state index in [9.17, 15) is 39.9 Å². The molecule has 11 heteroatoms. The number of ketones is 3. The first-order chi connectivity index (χ1) is 18.1. The summed E-state index contributed by atoms with van der Waals surface area (Å²) in [7, 11) is 1.35. The summed E-state index contributed by atoms with van der Waals surface area (Å²) < 4.78 is 16.8. The van der Waals surface area contributed by atoms with Crippen LogP contribution in [0.15, 0.2) is 18.2 Å². The summed E-state index contributed by atoms with van der Waals surface area (Å²) in [5.41, 5.74) is 0.0509. The zero-order valence-corrected chi connectivity index (χ0v) is 20.7. The van der Waals surface area contributed by atoms with Crippen LogP contribution in [-0.4, -0.2) is 87.3 Å². The Morgan fingerprint density at radius 3 is 2.42 bits per heavy atom. The minimum Gasteiger partial charge on any atom is -0.507 e. The van der Waals surface area contributed by atoms with Crippen molar-refractivity contribution in [1.29, 1.82) is 0 Å². The Bertz CT molecular complexity index is 1330. The van der Waals surface area contributed by atoms with Gasteiger partial charge in [-0.05, 0) is 32.3 Å². The molecule has 0 radical (unpaired) electrons. The second-order valence-electron chi connectivity index (χ2n) is 9.79. The molecule has 0 bridgehead atoms. The van der Waals surface area contributed by atoms with Crippen LogP contribution in [0.25, 0.3) is 0 Å². The largest absolute Gasteiger partial charge is 0.507 e. The number of rotatable bonds is 5. The van der Waals surface area contributed by atoms with Gasteiger partial charge in [0, 0.05) is 22.6 Å². The van der Waals surface area contributed by atoms with E-state index in [0.717, 1.165) is 0 Å². The number of phenols is 1. The molecule has 2 aromatic carbocycles. The fourth-order valence-electron chi connectivity index (χ4n) is 5.55. The fraction of sp³-hybridized carbons (Fsp3) is 0.444. The van der Waals surface area contributed by atoms with E-state index in [1.165, 1.54) is 32.2 Å². The highest BCUT2D eigenvalue weighted by molar-refractivity contribution is 6.31. The van der Waals surface area contributed by atoms with Crippen molar-refractivity contribution >= 4 is 17.3 Å². The molecule has 5 rings (SSSR count). The van der Waals surface area contributed by atoms with Gasteiger partial charge in [0.15, 0.2) is 5.78 Å². The predicted molar refractivity (Wildman–Crippen MR) is 129 cm³/mol. The van der Waals surface area contributed by atoms with Gasteiger partial charge >= 0.3 is 0 Å². The highest BCUT2D eigenvalue weighted by Gasteiger charge is 2.47. The van der Waals surface area contributed by atoms with Gasteiger partial charge in [-0.1, -0.05) is 12.1 Å². The van der Waals surface area contributed by atoms with Crippen LogP contribution in [0.4, 0.5) is 0 Å². The van der Waals surface area contributed by atoms with E-state index in [0.29, 0.717) is 17.5 Å². The fourth-order valence-corrected chi connectivity index (χ4v) is 5.55. The van der Waals surface area contributed by atoms with Crippen LogP contribution in [0.5, 0.6) is 17.2 Å². The lowest BCUT2D eigenvalue weighted by atomic mass is 9.75. The molecule has 3 aliphatic rings. The van der Waals surface area contributed by atoms with E-state index in [-0.39, 0.29) is 52.4 Å². The topological polar surface area (TPSA) is 180 Å². The number of hydrogen-bond acceptors (Lipinski definition) is 11. The zero-order chi connectivity index (χ0) is 27.5. The molecule has 38 heavy (non-hydrogen) atoms. The van der Waals surface area contributed by atoms with E-state index in [1.807, 2.05) is 0 Å². The number of ether oxygens (including phenoxy) is 3. The molecular weight excluding hydrogens is 500 g/mol. The lowest BCUT2D eigenvalue weighted by Crippen LogP contribution is -2.60. The van der Waals surface area contributed by atoms with E-state index in [4.69, 9.17) is 14.2 Å². The molecule has 0 amide bonds. The molecule has 6 unspecified atom stereocenters. The van der Waals surface area contributed by atoms with Crippen molar-refractivity contribution in [2.75, 3.05) is 13.7 Å². The second-order valence-corrected chi connectivity index (χ2v) is 9.79. The zero-order valence-electron chi connectivity index (χ0n) is 20.7. The number of aliphatic hydroxyl groups is 4. The molecule has 1 aliphatic heterocycles. The molecule has 0 aromatic heterocycles. The smallest absolute Gasteiger partial charge is 0.229 e. The number of carbonyl (C=O) groups is 3. The van der Waals surface area contributed by atoms with Crippen molar-refractivity contribution < 1.29 is 54.1 Å². The SMILES string of the molecule is COc1cccc2c1C(=O)c1c(O)c3c(c(OC4OC(CO)C(O)C(O)C4O)c1C2=O)CC(C(C)=O)CC3. The number of benzene rings is 2. The Balaban J connectivity index is 1.72. The lowest BCUT2D eigenvalue weighted by molar-refractivity contribution is -0.277. The van der Waals surface area contributed by atoms with Crippen LogP contribution in [-0.2, 0) is 22.4 Å². The van der Waals surface area contributed by atoms with Gasteiger partial charge in [-0.15, -0.1) is 0 Å². The third-order valence-corrected chi connectivity index (χ3v) is 7.66. The number of aliphatic hydroxyl groups excluding tert-OH is 4. The van der Waals surface area contributed by atoms with Crippen LogP contribution in [0.1, 0.15) is 56.3 Å². The summed E-state index contributed by atoms with van der Waals surface area (Å²) in [6.07, 6.45) is -7.42. The van der Waals surface area contributed by atoms with Gasteiger partial charge in [-0.25, -0.2) is 0 Å². The summed E-state index contributed by atoms with van der Waals surface area (Å²) in [6, 6.07) is 4.50. The van der Waals surface area contributed by atoms with Gasteiger partial charge in [0.1, 0.15) is 47.4 Å². The molecule has 2 aliphatic carbocycles. The molecule has 5 N–H and O–H groups in total. The standard InChI is InChI=1S/C27H28O11/c1-10(29)11-6-7-12-14(8-11)26(38-27-25(35)24(34)22(32)16(9-28)37-27)19-18(20(12)30)23(33)17-13(21(19)31)4-3-5-15(17)36-2/h3-5,11,16,22,24-25,27-28,30,32,34-35H,6-9H2,1-2H3. The first-order valence-electron chi connectivity index (χ1n) is 12.2. The van der Waals surface area contributed by atoms with Gasteiger partial charge in [-0.2, -0.15) is 0 Å². The molecule has 6 atom stereocenters. The molecule has 1 saturated heterocycles. The maximum absolute atomic E-state index is 13.9.